The topological polar surface area (TPSA) is 36.9 Å². The van der Waals surface area contributed by atoms with Crippen LogP contribution in [0.5, 0.6) is 23.0 Å². The molecule has 110 valence electrons. The molecule has 0 unspecified atom stereocenters. The fraction of sp³-hybridized carbons (Fsp3) is 0.294. The second-order valence-electron chi connectivity index (χ2n) is 4.88. The van der Waals surface area contributed by atoms with Crippen LogP contribution in [0.2, 0.25) is 0 Å². The van der Waals surface area contributed by atoms with E-state index in [-0.39, 0.29) is 6.79 Å². The summed E-state index contributed by atoms with van der Waals surface area (Å²) in [7, 11) is 3.32. The average Bonchev–Trinajstić information content (AvgIpc) is 3.01. The zero-order chi connectivity index (χ0) is 14.7. The van der Waals surface area contributed by atoms with Crippen molar-refractivity contribution < 1.29 is 18.9 Å². The van der Waals surface area contributed by atoms with Crippen LogP contribution in [0.3, 0.4) is 0 Å². The Labute approximate surface area is 124 Å². The molecule has 21 heavy (non-hydrogen) atoms. The molecule has 1 aliphatic rings. The van der Waals surface area contributed by atoms with Gasteiger partial charge < -0.3 is 18.9 Å². The van der Waals surface area contributed by atoms with E-state index >= 15 is 0 Å². The fourth-order valence-corrected chi connectivity index (χ4v) is 2.41. The van der Waals surface area contributed by atoms with Crippen molar-refractivity contribution in [3.05, 3.63) is 47.5 Å². The number of benzene rings is 2. The summed E-state index contributed by atoms with van der Waals surface area (Å²) in [6.45, 7) is 0.258. The number of ether oxygens (including phenoxy) is 4. The lowest BCUT2D eigenvalue weighted by Gasteiger charge is -2.08. The molecular weight excluding hydrogens is 268 g/mol. The molecule has 3 rings (SSSR count). The Hall–Kier alpha value is -2.36. The Balaban J connectivity index is 1.72. The van der Waals surface area contributed by atoms with E-state index in [1.165, 1.54) is 11.1 Å². The molecule has 0 N–H and O–H groups in total. The van der Waals surface area contributed by atoms with Crippen LogP contribution in [-0.2, 0) is 12.8 Å². The van der Waals surface area contributed by atoms with Gasteiger partial charge in [-0.25, -0.2) is 0 Å². The van der Waals surface area contributed by atoms with Crippen molar-refractivity contribution in [1.29, 1.82) is 0 Å². The van der Waals surface area contributed by atoms with Gasteiger partial charge in [0.05, 0.1) is 14.2 Å². The van der Waals surface area contributed by atoms with Gasteiger partial charge in [0.1, 0.15) is 5.75 Å². The maximum atomic E-state index is 5.45. The van der Waals surface area contributed by atoms with Crippen LogP contribution >= 0.6 is 0 Å². The van der Waals surface area contributed by atoms with Gasteiger partial charge in [-0.15, -0.1) is 0 Å². The first-order valence-electron chi connectivity index (χ1n) is 6.89. The molecule has 0 bridgehead atoms. The van der Waals surface area contributed by atoms with Crippen molar-refractivity contribution >= 4 is 0 Å². The van der Waals surface area contributed by atoms with Crippen LogP contribution < -0.4 is 18.9 Å². The predicted molar refractivity (Wildman–Crippen MR) is 79.5 cm³/mol. The highest BCUT2D eigenvalue weighted by molar-refractivity contribution is 5.55. The van der Waals surface area contributed by atoms with E-state index in [0.717, 1.165) is 30.1 Å². The lowest BCUT2D eigenvalue weighted by atomic mass is 10.0. The van der Waals surface area contributed by atoms with Gasteiger partial charge in [-0.3, -0.25) is 0 Å². The van der Waals surface area contributed by atoms with Crippen LogP contribution in [-0.4, -0.2) is 21.0 Å². The Bertz CT molecular complexity index is 619. The summed E-state index contributed by atoms with van der Waals surface area (Å²) < 4.78 is 21.4. The molecule has 0 saturated heterocycles. The van der Waals surface area contributed by atoms with Gasteiger partial charge in [0.2, 0.25) is 12.5 Å². The Morgan fingerprint density at radius 1 is 0.905 bits per heavy atom. The van der Waals surface area contributed by atoms with Crippen molar-refractivity contribution in [3.63, 3.8) is 0 Å². The average molecular weight is 286 g/mol. The predicted octanol–water partition coefficient (Wildman–Crippen LogP) is 3.22. The molecule has 1 heterocycles. The fourth-order valence-electron chi connectivity index (χ4n) is 2.41. The third-order valence-corrected chi connectivity index (χ3v) is 3.58. The summed E-state index contributed by atoms with van der Waals surface area (Å²) in [5.74, 6) is 3.07. The van der Waals surface area contributed by atoms with Gasteiger partial charge in [0.25, 0.3) is 0 Å². The van der Waals surface area contributed by atoms with E-state index in [9.17, 15) is 0 Å². The number of fused-ring (bicyclic) bond motifs is 1. The summed E-state index contributed by atoms with van der Waals surface area (Å²) in [5, 5.41) is 0. The zero-order valence-electron chi connectivity index (χ0n) is 12.2. The number of rotatable bonds is 5. The van der Waals surface area contributed by atoms with E-state index < -0.39 is 0 Å². The van der Waals surface area contributed by atoms with E-state index in [4.69, 9.17) is 18.9 Å². The second-order valence-corrected chi connectivity index (χ2v) is 4.88. The largest absolute Gasteiger partial charge is 0.497 e. The van der Waals surface area contributed by atoms with Gasteiger partial charge in [-0.05, 0) is 48.2 Å². The minimum atomic E-state index is 0.258. The highest BCUT2D eigenvalue weighted by atomic mass is 16.7. The summed E-state index contributed by atoms with van der Waals surface area (Å²) in [5.41, 5.74) is 2.44. The van der Waals surface area contributed by atoms with Gasteiger partial charge in [-0.1, -0.05) is 12.1 Å². The first-order chi connectivity index (χ1) is 10.3. The molecule has 0 spiro atoms. The summed E-state index contributed by atoms with van der Waals surface area (Å²) in [4.78, 5) is 0. The molecule has 1 aliphatic heterocycles. The molecule has 2 aromatic rings. The van der Waals surface area contributed by atoms with Crippen LogP contribution in [0.1, 0.15) is 11.1 Å². The van der Waals surface area contributed by atoms with E-state index in [1.807, 2.05) is 24.3 Å². The van der Waals surface area contributed by atoms with Gasteiger partial charge in [0, 0.05) is 0 Å². The lowest BCUT2D eigenvalue weighted by molar-refractivity contribution is 0.171. The molecule has 0 amide bonds. The lowest BCUT2D eigenvalue weighted by Crippen LogP contribution is -1.94. The number of aryl methyl sites for hydroxylation is 2. The van der Waals surface area contributed by atoms with Gasteiger partial charge in [0.15, 0.2) is 11.5 Å². The van der Waals surface area contributed by atoms with Crippen molar-refractivity contribution in [3.8, 4) is 23.0 Å². The molecule has 0 atom stereocenters. The highest BCUT2D eigenvalue weighted by Gasteiger charge is 2.19. The molecule has 0 fully saturated rings. The minimum Gasteiger partial charge on any atom is -0.497 e. The standard InChI is InChI=1S/C17H18O4/c1-18-14-7-5-12(6-8-14)3-4-13-9-15(19-2)17-16(10-13)20-11-21-17/h5-10H,3-4,11H2,1-2H3. The Kier molecular flexibility index (Phi) is 3.86. The number of methoxy groups -OCH3 is 2. The monoisotopic (exact) mass is 286 g/mol. The van der Waals surface area contributed by atoms with Crippen LogP contribution in [0.25, 0.3) is 0 Å². The van der Waals surface area contributed by atoms with Crippen LogP contribution in [0, 0.1) is 0 Å². The maximum Gasteiger partial charge on any atom is 0.231 e. The Morgan fingerprint density at radius 2 is 1.67 bits per heavy atom. The van der Waals surface area contributed by atoms with Crippen LogP contribution in [0.15, 0.2) is 36.4 Å². The second kappa shape index (κ2) is 5.95. The van der Waals surface area contributed by atoms with E-state index in [0.29, 0.717) is 5.75 Å². The Morgan fingerprint density at radius 3 is 2.38 bits per heavy atom. The SMILES string of the molecule is COc1ccc(CCc2cc(OC)c3c(c2)OCO3)cc1. The van der Waals surface area contributed by atoms with Gasteiger partial charge >= 0.3 is 0 Å². The smallest absolute Gasteiger partial charge is 0.231 e. The third-order valence-electron chi connectivity index (χ3n) is 3.58. The molecular formula is C17H18O4. The zero-order valence-corrected chi connectivity index (χ0v) is 12.2. The maximum absolute atomic E-state index is 5.45. The van der Waals surface area contributed by atoms with Crippen molar-refractivity contribution in [2.24, 2.45) is 0 Å². The molecule has 4 nitrogen and oxygen atoms in total. The molecule has 0 aromatic heterocycles. The first kappa shape index (κ1) is 13.6. The molecule has 0 aliphatic carbocycles. The van der Waals surface area contributed by atoms with Gasteiger partial charge in [-0.2, -0.15) is 0 Å². The van der Waals surface area contributed by atoms with Crippen molar-refractivity contribution in [2.75, 3.05) is 21.0 Å². The first-order valence-corrected chi connectivity index (χ1v) is 6.89. The number of hydrogen-bond acceptors (Lipinski definition) is 4. The molecule has 2 aromatic carbocycles. The van der Waals surface area contributed by atoms with Crippen molar-refractivity contribution in [1.82, 2.24) is 0 Å². The van der Waals surface area contributed by atoms with E-state index in [1.54, 1.807) is 14.2 Å². The number of hydrogen-bond donors (Lipinski definition) is 0. The highest BCUT2D eigenvalue weighted by Crippen LogP contribution is 2.42. The molecule has 0 saturated carbocycles. The summed E-state index contributed by atoms with van der Waals surface area (Å²) in [6.07, 6.45) is 1.87. The molecule has 4 heteroatoms. The van der Waals surface area contributed by atoms with E-state index in [2.05, 4.69) is 12.1 Å². The quantitative estimate of drug-likeness (QED) is 0.845. The summed E-state index contributed by atoms with van der Waals surface area (Å²) >= 11 is 0. The normalized spacial score (nSPS) is 12.3. The third kappa shape index (κ3) is 2.89. The van der Waals surface area contributed by atoms with Crippen molar-refractivity contribution in [2.45, 2.75) is 12.8 Å². The van der Waals surface area contributed by atoms with Crippen LogP contribution in [0.4, 0.5) is 0 Å². The summed E-state index contributed by atoms with van der Waals surface area (Å²) in [6, 6.07) is 12.2. The minimum absolute atomic E-state index is 0.258. The molecule has 0 radical (unpaired) electrons.